The van der Waals surface area contributed by atoms with Gasteiger partial charge in [0.05, 0.1) is 5.69 Å². The molecule has 2 rings (SSSR count). The maximum atomic E-state index is 11.7. The van der Waals surface area contributed by atoms with Gasteiger partial charge in [-0.25, -0.2) is 4.98 Å². The maximum absolute atomic E-state index is 11.7. The van der Waals surface area contributed by atoms with Gasteiger partial charge in [-0.3, -0.25) is 15.6 Å². The number of aryl methyl sites for hydroxylation is 1. The number of carbonyl (C=O) groups excluding carboxylic acids is 1. The number of nitrogens with one attached hydrogen (secondary N) is 2. The normalized spacial score (nSPS) is 10.1. The molecule has 104 valence electrons. The van der Waals surface area contributed by atoms with Crippen LogP contribution in [0.15, 0.2) is 42.5 Å². The number of hydrazine groups is 1. The molecule has 0 unspecified atom stereocenters. The van der Waals surface area contributed by atoms with Crippen molar-refractivity contribution in [2.45, 2.75) is 12.8 Å². The van der Waals surface area contributed by atoms with Crippen molar-refractivity contribution >= 4 is 34.8 Å². The zero-order valence-electron chi connectivity index (χ0n) is 10.6. The van der Waals surface area contributed by atoms with E-state index in [0.29, 0.717) is 18.5 Å². The van der Waals surface area contributed by atoms with Gasteiger partial charge in [-0.05, 0) is 12.0 Å². The summed E-state index contributed by atoms with van der Waals surface area (Å²) in [5.41, 5.74) is 7.05. The highest BCUT2D eigenvalue weighted by Crippen LogP contribution is 2.17. The van der Waals surface area contributed by atoms with Gasteiger partial charge >= 0.3 is 0 Å². The number of benzene rings is 1. The van der Waals surface area contributed by atoms with Crippen molar-refractivity contribution in [1.82, 2.24) is 10.4 Å². The molecular formula is C14H13Cl2N3O. The third kappa shape index (κ3) is 4.72. The first-order chi connectivity index (χ1) is 9.63. The lowest BCUT2D eigenvalue weighted by atomic mass is 10.1. The van der Waals surface area contributed by atoms with Gasteiger partial charge in [0.25, 0.3) is 0 Å². The lowest BCUT2D eigenvalue weighted by Crippen LogP contribution is -2.29. The van der Waals surface area contributed by atoms with Gasteiger partial charge in [0.1, 0.15) is 10.3 Å². The van der Waals surface area contributed by atoms with Crippen molar-refractivity contribution in [2.24, 2.45) is 0 Å². The van der Waals surface area contributed by atoms with E-state index in [9.17, 15) is 4.79 Å². The van der Waals surface area contributed by atoms with Crippen LogP contribution in [0.4, 0.5) is 5.69 Å². The Morgan fingerprint density at radius 2 is 1.75 bits per heavy atom. The van der Waals surface area contributed by atoms with Crippen LogP contribution in [0.3, 0.4) is 0 Å². The van der Waals surface area contributed by atoms with Crippen LogP contribution in [0.1, 0.15) is 12.0 Å². The first-order valence-corrected chi connectivity index (χ1v) is 6.81. The highest BCUT2D eigenvalue weighted by Gasteiger charge is 2.03. The molecule has 0 saturated carbocycles. The van der Waals surface area contributed by atoms with E-state index in [1.807, 2.05) is 30.3 Å². The smallest absolute Gasteiger partial charge is 0.238 e. The van der Waals surface area contributed by atoms with Crippen LogP contribution in [0, 0.1) is 0 Å². The predicted octanol–water partition coefficient (Wildman–Crippen LogP) is 3.46. The quantitative estimate of drug-likeness (QED) is 0.657. The van der Waals surface area contributed by atoms with E-state index < -0.39 is 0 Å². The number of hydrogen-bond acceptors (Lipinski definition) is 3. The fraction of sp³-hybridized carbons (Fsp3) is 0.143. The monoisotopic (exact) mass is 309 g/mol. The number of rotatable bonds is 5. The summed E-state index contributed by atoms with van der Waals surface area (Å²) in [6.45, 7) is 0. The molecular weight excluding hydrogens is 297 g/mol. The second-order valence-electron chi connectivity index (χ2n) is 4.16. The molecule has 20 heavy (non-hydrogen) atoms. The van der Waals surface area contributed by atoms with Crippen molar-refractivity contribution in [2.75, 3.05) is 5.43 Å². The van der Waals surface area contributed by atoms with Crippen LogP contribution in [0.25, 0.3) is 0 Å². The molecule has 2 N–H and O–H groups in total. The van der Waals surface area contributed by atoms with E-state index in [1.54, 1.807) is 12.1 Å². The standard InChI is InChI=1S/C14H13Cl2N3O/c15-12-8-11(9-13(16)17-12)18-19-14(20)7-6-10-4-2-1-3-5-10/h1-5,8-9H,6-7H2,(H,17,18)(H,19,20). The molecule has 0 saturated heterocycles. The average Bonchev–Trinajstić information content (AvgIpc) is 2.43. The minimum Gasteiger partial charge on any atom is -0.298 e. The zero-order valence-corrected chi connectivity index (χ0v) is 12.1. The predicted molar refractivity (Wildman–Crippen MR) is 80.8 cm³/mol. The summed E-state index contributed by atoms with van der Waals surface area (Å²) in [5, 5.41) is 0.525. The van der Waals surface area contributed by atoms with Gasteiger partial charge in [-0.2, -0.15) is 0 Å². The molecule has 0 aliphatic heterocycles. The number of anilines is 1. The Labute approximate surface area is 127 Å². The zero-order chi connectivity index (χ0) is 14.4. The van der Waals surface area contributed by atoms with Crippen LogP contribution in [-0.2, 0) is 11.2 Å². The lowest BCUT2D eigenvalue weighted by Gasteiger charge is -2.09. The molecule has 1 heterocycles. The summed E-state index contributed by atoms with van der Waals surface area (Å²) in [7, 11) is 0. The fourth-order valence-electron chi connectivity index (χ4n) is 1.64. The van der Waals surface area contributed by atoms with Crippen LogP contribution in [0.5, 0.6) is 0 Å². The van der Waals surface area contributed by atoms with Crippen molar-refractivity contribution in [3.8, 4) is 0 Å². The summed E-state index contributed by atoms with van der Waals surface area (Å²) >= 11 is 11.5. The molecule has 0 atom stereocenters. The van der Waals surface area contributed by atoms with Gasteiger partial charge in [0, 0.05) is 18.6 Å². The Morgan fingerprint density at radius 1 is 1.10 bits per heavy atom. The van der Waals surface area contributed by atoms with E-state index in [0.717, 1.165) is 5.56 Å². The lowest BCUT2D eigenvalue weighted by molar-refractivity contribution is -0.120. The van der Waals surface area contributed by atoms with E-state index in [1.165, 1.54) is 0 Å². The van der Waals surface area contributed by atoms with Crippen molar-refractivity contribution in [1.29, 1.82) is 0 Å². The summed E-state index contributed by atoms with van der Waals surface area (Å²) in [5.74, 6) is -0.113. The Hall–Kier alpha value is -1.78. The third-order valence-corrected chi connectivity index (χ3v) is 2.98. The number of hydrogen-bond donors (Lipinski definition) is 2. The Kier molecular flexibility index (Phi) is 5.21. The molecule has 0 aliphatic carbocycles. The highest BCUT2D eigenvalue weighted by atomic mass is 35.5. The first-order valence-electron chi connectivity index (χ1n) is 6.05. The molecule has 0 aliphatic rings. The molecule has 6 heteroatoms. The minimum atomic E-state index is -0.113. The molecule has 4 nitrogen and oxygen atoms in total. The number of amides is 1. The number of aromatic nitrogens is 1. The Balaban J connectivity index is 1.80. The van der Waals surface area contributed by atoms with Gasteiger partial charge in [0.15, 0.2) is 0 Å². The summed E-state index contributed by atoms with van der Waals surface area (Å²) in [4.78, 5) is 15.5. The fourth-order valence-corrected chi connectivity index (χ4v) is 2.10. The number of nitrogens with zero attached hydrogens (tertiary/aromatic N) is 1. The Bertz CT molecular complexity index is 570. The van der Waals surface area contributed by atoms with E-state index in [2.05, 4.69) is 15.8 Å². The summed E-state index contributed by atoms with van der Waals surface area (Å²) in [6, 6.07) is 13.0. The molecule has 0 spiro atoms. The van der Waals surface area contributed by atoms with Crippen LogP contribution >= 0.6 is 23.2 Å². The molecule has 0 bridgehead atoms. The van der Waals surface area contributed by atoms with Crippen LogP contribution < -0.4 is 10.9 Å². The maximum Gasteiger partial charge on any atom is 0.238 e. The summed E-state index contributed by atoms with van der Waals surface area (Å²) < 4.78 is 0. The van der Waals surface area contributed by atoms with E-state index >= 15 is 0 Å². The SMILES string of the molecule is O=C(CCc1ccccc1)NNc1cc(Cl)nc(Cl)c1. The molecule has 0 radical (unpaired) electrons. The average molecular weight is 310 g/mol. The summed E-state index contributed by atoms with van der Waals surface area (Å²) in [6.07, 6.45) is 1.08. The minimum absolute atomic E-state index is 0.113. The van der Waals surface area contributed by atoms with Crippen LogP contribution in [-0.4, -0.2) is 10.9 Å². The molecule has 1 amide bonds. The number of pyridine rings is 1. The molecule has 0 fully saturated rings. The van der Waals surface area contributed by atoms with Gasteiger partial charge in [-0.1, -0.05) is 53.5 Å². The number of halogens is 2. The molecule has 2 aromatic rings. The van der Waals surface area contributed by atoms with E-state index in [-0.39, 0.29) is 16.2 Å². The molecule has 1 aromatic carbocycles. The topological polar surface area (TPSA) is 54.0 Å². The largest absolute Gasteiger partial charge is 0.298 e. The Morgan fingerprint density at radius 3 is 2.40 bits per heavy atom. The first kappa shape index (κ1) is 14.6. The highest BCUT2D eigenvalue weighted by molar-refractivity contribution is 6.32. The second kappa shape index (κ2) is 7.12. The van der Waals surface area contributed by atoms with Gasteiger partial charge in [0.2, 0.25) is 5.91 Å². The molecule has 1 aromatic heterocycles. The van der Waals surface area contributed by atoms with Gasteiger partial charge in [-0.15, -0.1) is 0 Å². The van der Waals surface area contributed by atoms with Crippen molar-refractivity contribution < 1.29 is 4.79 Å². The van der Waals surface area contributed by atoms with Crippen molar-refractivity contribution in [3.05, 3.63) is 58.3 Å². The number of carbonyl (C=O) groups is 1. The van der Waals surface area contributed by atoms with Gasteiger partial charge < -0.3 is 0 Å². The van der Waals surface area contributed by atoms with Crippen LogP contribution in [0.2, 0.25) is 10.3 Å². The third-order valence-electron chi connectivity index (χ3n) is 2.59. The van der Waals surface area contributed by atoms with Crippen molar-refractivity contribution in [3.63, 3.8) is 0 Å². The van der Waals surface area contributed by atoms with E-state index in [4.69, 9.17) is 23.2 Å². The second-order valence-corrected chi connectivity index (χ2v) is 4.93.